The molecule has 2 aromatic carbocycles. The molecule has 29 heavy (non-hydrogen) atoms. The van der Waals surface area contributed by atoms with E-state index in [9.17, 15) is 5.11 Å². The second-order valence-corrected chi connectivity index (χ2v) is 9.00. The molecule has 0 aliphatic rings. The Morgan fingerprint density at radius 2 is 1.69 bits per heavy atom. The van der Waals surface area contributed by atoms with E-state index >= 15 is 0 Å². The summed E-state index contributed by atoms with van der Waals surface area (Å²) < 4.78 is 1.83. The van der Waals surface area contributed by atoms with E-state index in [-0.39, 0.29) is 0 Å². The molecule has 0 radical (unpaired) electrons. The minimum absolute atomic E-state index is 0.608. The van der Waals surface area contributed by atoms with Crippen LogP contribution in [0.2, 0.25) is 5.02 Å². The van der Waals surface area contributed by atoms with Crippen molar-refractivity contribution in [3.63, 3.8) is 0 Å². The normalized spacial score (nSPS) is 11.8. The lowest BCUT2D eigenvalue weighted by molar-refractivity contribution is 0.0734. The first-order valence-corrected chi connectivity index (χ1v) is 10.8. The lowest BCUT2D eigenvalue weighted by atomic mass is 10.0. The van der Waals surface area contributed by atoms with E-state index in [2.05, 4.69) is 43.3 Å². The molecule has 0 spiro atoms. The molecule has 2 heterocycles. The van der Waals surface area contributed by atoms with Gasteiger partial charge in [0.1, 0.15) is 5.60 Å². The molecule has 0 unspecified atom stereocenters. The molecule has 0 aliphatic carbocycles. The molecule has 0 fully saturated rings. The summed E-state index contributed by atoms with van der Waals surface area (Å²) >= 11 is 8.18. The molecule has 4 aromatic rings. The van der Waals surface area contributed by atoms with Gasteiger partial charge in [-0.3, -0.25) is 0 Å². The Morgan fingerprint density at radius 1 is 1.00 bits per heavy atom. The van der Waals surface area contributed by atoms with Crippen molar-refractivity contribution in [2.24, 2.45) is 0 Å². The Bertz CT molecular complexity index is 1150. The van der Waals surface area contributed by atoms with Gasteiger partial charge in [-0.25, -0.2) is 4.68 Å². The summed E-state index contributed by atoms with van der Waals surface area (Å²) in [5, 5.41) is 15.8. The van der Waals surface area contributed by atoms with Crippen LogP contribution < -0.4 is 0 Å². The average Bonchev–Trinajstić information content (AvgIpc) is 3.35. The zero-order valence-electron chi connectivity index (χ0n) is 16.7. The van der Waals surface area contributed by atoms with Crippen LogP contribution in [0.5, 0.6) is 0 Å². The molecule has 0 saturated carbocycles. The number of para-hydroxylation sites is 1. The predicted octanol–water partition coefficient (Wildman–Crippen LogP) is 6.71. The monoisotopic (exact) mass is 422 g/mol. The SMILES string of the molecule is CCc1ccccc1-c1ccc(-c2cc(C(C)(C)O)nn2-c2ccccc2Cl)s1. The van der Waals surface area contributed by atoms with Crippen LogP contribution in [-0.2, 0) is 12.0 Å². The second-order valence-electron chi connectivity index (χ2n) is 7.51. The number of halogens is 1. The molecule has 3 nitrogen and oxygen atoms in total. The van der Waals surface area contributed by atoms with Gasteiger partial charge in [-0.05, 0) is 61.7 Å². The number of aryl methyl sites for hydroxylation is 1. The van der Waals surface area contributed by atoms with Crippen LogP contribution >= 0.6 is 22.9 Å². The fraction of sp³-hybridized carbons (Fsp3) is 0.208. The molecule has 0 bridgehead atoms. The van der Waals surface area contributed by atoms with Crippen LogP contribution in [0.25, 0.3) is 26.7 Å². The van der Waals surface area contributed by atoms with Gasteiger partial charge in [-0.2, -0.15) is 5.10 Å². The average molecular weight is 423 g/mol. The molecule has 0 atom stereocenters. The van der Waals surface area contributed by atoms with Gasteiger partial charge >= 0.3 is 0 Å². The van der Waals surface area contributed by atoms with Gasteiger partial charge in [0.25, 0.3) is 0 Å². The van der Waals surface area contributed by atoms with Crippen molar-refractivity contribution in [3.8, 4) is 26.7 Å². The van der Waals surface area contributed by atoms with Gasteiger partial charge in [-0.1, -0.05) is 54.9 Å². The van der Waals surface area contributed by atoms with E-state index in [1.807, 2.05) is 35.0 Å². The number of hydrogen-bond acceptors (Lipinski definition) is 3. The Balaban J connectivity index is 1.86. The van der Waals surface area contributed by atoms with Gasteiger partial charge in [0, 0.05) is 4.88 Å². The number of thiophene rings is 1. The van der Waals surface area contributed by atoms with Crippen LogP contribution in [0.3, 0.4) is 0 Å². The topological polar surface area (TPSA) is 38.1 Å². The summed E-state index contributed by atoms with van der Waals surface area (Å²) in [6.07, 6.45) is 0.990. The minimum atomic E-state index is -1.05. The highest BCUT2D eigenvalue weighted by atomic mass is 35.5. The lowest BCUT2D eigenvalue weighted by Crippen LogP contribution is -2.16. The van der Waals surface area contributed by atoms with Gasteiger partial charge in [0.05, 0.1) is 27.0 Å². The summed E-state index contributed by atoms with van der Waals surface area (Å²) in [7, 11) is 0. The second kappa shape index (κ2) is 7.79. The van der Waals surface area contributed by atoms with Crippen molar-refractivity contribution >= 4 is 22.9 Å². The third-order valence-corrected chi connectivity index (χ3v) is 6.40. The minimum Gasteiger partial charge on any atom is -0.384 e. The summed E-state index contributed by atoms with van der Waals surface area (Å²) in [6, 6.07) is 22.4. The fourth-order valence-corrected chi connectivity index (χ4v) is 4.64. The van der Waals surface area contributed by atoms with E-state index in [0.717, 1.165) is 22.7 Å². The maximum Gasteiger partial charge on any atom is 0.103 e. The molecule has 2 aromatic heterocycles. The van der Waals surface area contributed by atoms with Crippen LogP contribution in [0.15, 0.2) is 66.7 Å². The maximum absolute atomic E-state index is 10.5. The summed E-state index contributed by atoms with van der Waals surface area (Å²) in [4.78, 5) is 2.29. The third-order valence-electron chi connectivity index (χ3n) is 4.94. The van der Waals surface area contributed by atoms with Crippen LogP contribution in [0.4, 0.5) is 0 Å². The standard InChI is InChI=1S/C24H23ClN2OS/c1-4-16-9-5-6-10-17(16)21-13-14-22(29-21)20-15-23(24(2,3)28)26-27(20)19-12-8-7-11-18(19)25/h5-15,28H,4H2,1-3H3. The highest BCUT2D eigenvalue weighted by molar-refractivity contribution is 7.18. The molecule has 5 heteroatoms. The zero-order chi connectivity index (χ0) is 20.6. The first-order chi connectivity index (χ1) is 13.9. The summed E-state index contributed by atoms with van der Waals surface area (Å²) in [6.45, 7) is 5.66. The van der Waals surface area contributed by atoms with Gasteiger partial charge in [-0.15, -0.1) is 11.3 Å². The summed E-state index contributed by atoms with van der Waals surface area (Å²) in [5.41, 5.74) is 3.87. The van der Waals surface area contributed by atoms with Crippen LogP contribution in [-0.4, -0.2) is 14.9 Å². The molecule has 0 amide bonds. The fourth-order valence-electron chi connectivity index (χ4n) is 3.35. The largest absolute Gasteiger partial charge is 0.384 e. The molecule has 1 N–H and O–H groups in total. The number of nitrogens with zero attached hydrogens (tertiary/aromatic N) is 2. The van der Waals surface area contributed by atoms with Crippen molar-refractivity contribution in [2.75, 3.05) is 0 Å². The quantitative estimate of drug-likeness (QED) is 0.388. The summed E-state index contributed by atoms with van der Waals surface area (Å²) in [5.74, 6) is 0. The van der Waals surface area contributed by atoms with E-state index in [1.165, 1.54) is 16.0 Å². The van der Waals surface area contributed by atoms with Crippen molar-refractivity contribution in [3.05, 3.63) is 83.0 Å². The third kappa shape index (κ3) is 3.88. The molecule has 0 aliphatic heterocycles. The molecular formula is C24H23ClN2OS. The van der Waals surface area contributed by atoms with Crippen molar-refractivity contribution in [1.82, 2.24) is 9.78 Å². The Labute approximate surface area is 180 Å². The predicted molar refractivity (Wildman–Crippen MR) is 122 cm³/mol. The molecule has 0 saturated heterocycles. The number of aliphatic hydroxyl groups is 1. The van der Waals surface area contributed by atoms with E-state index in [1.54, 1.807) is 25.2 Å². The van der Waals surface area contributed by atoms with E-state index in [0.29, 0.717) is 10.7 Å². The number of rotatable bonds is 5. The Hall–Kier alpha value is -2.40. The Kier molecular flexibility index (Phi) is 5.34. The first kappa shape index (κ1) is 19.9. The molecular weight excluding hydrogens is 400 g/mol. The van der Waals surface area contributed by atoms with Gasteiger partial charge in [0.15, 0.2) is 0 Å². The first-order valence-electron chi connectivity index (χ1n) is 9.65. The van der Waals surface area contributed by atoms with Gasteiger partial charge < -0.3 is 5.11 Å². The number of hydrogen-bond donors (Lipinski definition) is 1. The van der Waals surface area contributed by atoms with Gasteiger partial charge in [0.2, 0.25) is 0 Å². The number of benzene rings is 2. The zero-order valence-corrected chi connectivity index (χ0v) is 18.3. The molecule has 148 valence electrons. The van der Waals surface area contributed by atoms with E-state index in [4.69, 9.17) is 16.7 Å². The lowest BCUT2D eigenvalue weighted by Gasteiger charge is -2.13. The maximum atomic E-state index is 10.5. The molecule has 4 rings (SSSR count). The van der Waals surface area contributed by atoms with Crippen LogP contribution in [0, 0.1) is 0 Å². The van der Waals surface area contributed by atoms with Crippen LogP contribution in [0.1, 0.15) is 32.0 Å². The highest BCUT2D eigenvalue weighted by Gasteiger charge is 2.24. The highest BCUT2D eigenvalue weighted by Crippen LogP contribution is 2.38. The van der Waals surface area contributed by atoms with Crippen molar-refractivity contribution in [2.45, 2.75) is 32.8 Å². The van der Waals surface area contributed by atoms with Crippen molar-refractivity contribution < 1.29 is 5.11 Å². The van der Waals surface area contributed by atoms with E-state index < -0.39 is 5.60 Å². The van der Waals surface area contributed by atoms with Crippen molar-refractivity contribution in [1.29, 1.82) is 0 Å². The number of aromatic nitrogens is 2. The smallest absolute Gasteiger partial charge is 0.103 e. The Morgan fingerprint density at radius 3 is 2.41 bits per heavy atom.